The number of nitrogens with one attached hydrogen (secondary N) is 2. The largest absolute Gasteiger partial charge is 0.368 e. The van der Waals surface area contributed by atoms with Crippen LogP contribution in [0.4, 0.5) is 5.82 Å². The van der Waals surface area contributed by atoms with Gasteiger partial charge in [-0.05, 0) is 31.2 Å². The van der Waals surface area contributed by atoms with Crippen molar-refractivity contribution in [3.05, 3.63) is 16.8 Å². The highest BCUT2D eigenvalue weighted by molar-refractivity contribution is 7.19. The molecule has 1 amide bonds. The molecule has 5 nitrogen and oxygen atoms in total. The Labute approximate surface area is 121 Å². The van der Waals surface area contributed by atoms with Crippen molar-refractivity contribution in [1.29, 1.82) is 0 Å². The van der Waals surface area contributed by atoms with Crippen LogP contribution in [0.15, 0.2) is 6.33 Å². The van der Waals surface area contributed by atoms with E-state index in [9.17, 15) is 4.79 Å². The van der Waals surface area contributed by atoms with Crippen molar-refractivity contribution in [3.8, 4) is 0 Å². The van der Waals surface area contributed by atoms with Crippen molar-refractivity contribution in [2.45, 2.75) is 32.6 Å². The van der Waals surface area contributed by atoms with E-state index in [2.05, 4.69) is 20.6 Å². The minimum absolute atomic E-state index is 0.00690. The molecule has 0 spiro atoms. The van der Waals surface area contributed by atoms with Gasteiger partial charge in [0.05, 0.1) is 5.39 Å². The molecule has 20 heavy (non-hydrogen) atoms. The van der Waals surface area contributed by atoms with Gasteiger partial charge >= 0.3 is 0 Å². The maximum Gasteiger partial charge on any atom is 0.216 e. The lowest BCUT2D eigenvalue weighted by Gasteiger charge is -2.12. The molecule has 2 aromatic rings. The van der Waals surface area contributed by atoms with Crippen molar-refractivity contribution in [3.63, 3.8) is 0 Å². The molecule has 0 atom stereocenters. The number of aromatic nitrogens is 2. The van der Waals surface area contributed by atoms with Crippen molar-refractivity contribution in [2.24, 2.45) is 0 Å². The first-order valence-corrected chi connectivity index (χ1v) is 7.81. The molecule has 0 bridgehead atoms. The number of fused-ring (bicyclic) bond motifs is 3. The molecule has 2 N–H and O–H groups in total. The fourth-order valence-corrected chi connectivity index (χ4v) is 3.87. The number of carbonyl (C=O) groups excluding carboxylic acids is 1. The molecule has 1 aliphatic carbocycles. The van der Waals surface area contributed by atoms with Gasteiger partial charge in [0, 0.05) is 24.9 Å². The van der Waals surface area contributed by atoms with E-state index in [1.54, 1.807) is 17.7 Å². The molecular formula is C14H18N4OS. The van der Waals surface area contributed by atoms with Crippen LogP contribution in [-0.2, 0) is 17.6 Å². The average molecular weight is 290 g/mol. The molecule has 0 aromatic carbocycles. The van der Waals surface area contributed by atoms with E-state index in [1.165, 1.54) is 42.0 Å². The van der Waals surface area contributed by atoms with Gasteiger partial charge in [-0.2, -0.15) is 0 Å². The van der Waals surface area contributed by atoms with Crippen molar-refractivity contribution < 1.29 is 4.79 Å². The third kappa shape index (κ3) is 2.60. The smallest absolute Gasteiger partial charge is 0.216 e. The van der Waals surface area contributed by atoms with Gasteiger partial charge in [0.15, 0.2) is 0 Å². The highest BCUT2D eigenvalue weighted by Gasteiger charge is 2.19. The third-order valence-electron chi connectivity index (χ3n) is 3.54. The second-order valence-corrected chi connectivity index (χ2v) is 6.11. The molecule has 0 aliphatic heterocycles. The van der Waals surface area contributed by atoms with E-state index in [-0.39, 0.29) is 5.91 Å². The van der Waals surface area contributed by atoms with Crippen LogP contribution in [0, 0.1) is 0 Å². The topological polar surface area (TPSA) is 66.9 Å². The lowest BCUT2D eigenvalue weighted by atomic mass is 9.97. The predicted molar refractivity (Wildman–Crippen MR) is 81.2 cm³/mol. The third-order valence-corrected chi connectivity index (χ3v) is 4.74. The second kappa shape index (κ2) is 5.75. The van der Waals surface area contributed by atoms with E-state index >= 15 is 0 Å². The number of thiophene rings is 1. The zero-order chi connectivity index (χ0) is 13.9. The SMILES string of the molecule is CC(=O)NCCNc1ncnc2sc3c(c12)CCCC3. The summed E-state index contributed by atoms with van der Waals surface area (Å²) < 4.78 is 0. The fourth-order valence-electron chi connectivity index (χ4n) is 2.64. The molecule has 0 unspecified atom stereocenters. The summed E-state index contributed by atoms with van der Waals surface area (Å²) in [4.78, 5) is 22.2. The number of hydrogen-bond donors (Lipinski definition) is 2. The molecule has 0 fully saturated rings. The Hall–Kier alpha value is -1.69. The summed E-state index contributed by atoms with van der Waals surface area (Å²) in [5.41, 5.74) is 1.43. The van der Waals surface area contributed by atoms with Gasteiger partial charge in [-0.1, -0.05) is 0 Å². The van der Waals surface area contributed by atoms with Crippen LogP contribution in [0.1, 0.15) is 30.2 Å². The molecule has 106 valence electrons. The Morgan fingerprint density at radius 2 is 2.15 bits per heavy atom. The molecule has 0 saturated heterocycles. The van der Waals surface area contributed by atoms with E-state index in [4.69, 9.17) is 0 Å². The van der Waals surface area contributed by atoms with Gasteiger partial charge in [0.2, 0.25) is 5.91 Å². The van der Waals surface area contributed by atoms with E-state index in [0.717, 1.165) is 17.1 Å². The number of aryl methyl sites for hydroxylation is 2. The van der Waals surface area contributed by atoms with Gasteiger partial charge in [-0.25, -0.2) is 9.97 Å². The zero-order valence-corrected chi connectivity index (χ0v) is 12.3. The molecular weight excluding hydrogens is 272 g/mol. The Morgan fingerprint density at radius 3 is 3.00 bits per heavy atom. The normalized spacial score (nSPS) is 14.1. The first-order chi connectivity index (χ1) is 9.75. The number of hydrogen-bond acceptors (Lipinski definition) is 5. The van der Waals surface area contributed by atoms with E-state index < -0.39 is 0 Å². The number of anilines is 1. The monoisotopic (exact) mass is 290 g/mol. The van der Waals surface area contributed by atoms with Gasteiger partial charge in [-0.3, -0.25) is 4.79 Å². The van der Waals surface area contributed by atoms with Crippen molar-refractivity contribution in [1.82, 2.24) is 15.3 Å². The van der Waals surface area contributed by atoms with Crippen LogP contribution >= 0.6 is 11.3 Å². The van der Waals surface area contributed by atoms with Crippen LogP contribution in [0.3, 0.4) is 0 Å². The van der Waals surface area contributed by atoms with Crippen LogP contribution < -0.4 is 10.6 Å². The molecule has 0 radical (unpaired) electrons. The number of amides is 1. The van der Waals surface area contributed by atoms with E-state index in [1.807, 2.05) is 0 Å². The Kier molecular flexibility index (Phi) is 3.82. The highest BCUT2D eigenvalue weighted by atomic mass is 32.1. The van der Waals surface area contributed by atoms with Crippen LogP contribution in [0.5, 0.6) is 0 Å². The molecule has 0 saturated carbocycles. The standard InChI is InChI=1S/C14H18N4OS/c1-9(19)15-6-7-16-13-12-10-4-2-3-5-11(10)20-14(12)18-8-17-13/h8H,2-7H2,1H3,(H,15,19)(H,16,17,18). The summed E-state index contributed by atoms with van der Waals surface area (Å²) in [6.07, 6.45) is 6.44. The minimum Gasteiger partial charge on any atom is -0.368 e. The molecule has 2 heterocycles. The van der Waals surface area contributed by atoms with Crippen LogP contribution in [0.2, 0.25) is 0 Å². The fraction of sp³-hybridized carbons (Fsp3) is 0.500. The molecule has 6 heteroatoms. The van der Waals surface area contributed by atoms with Gasteiger partial charge in [0.25, 0.3) is 0 Å². The summed E-state index contributed by atoms with van der Waals surface area (Å²) in [6.45, 7) is 2.81. The maximum atomic E-state index is 10.9. The summed E-state index contributed by atoms with van der Waals surface area (Å²) in [5, 5.41) is 7.29. The van der Waals surface area contributed by atoms with Gasteiger partial charge < -0.3 is 10.6 Å². The lowest BCUT2D eigenvalue weighted by molar-refractivity contribution is -0.118. The summed E-state index contributed by atoms with van der Waals surface area (Å²) in [5.74, 6) is 0.896. The summed E-state index contributed by atoms with van der Waals surface area (Å²) in [6, 6.07) is 0. The second-order valence-electron chi connectivity index (χ2n) is 5.02. The molecule has 3 rings (SSSR count). The Bertz CT molecular complexity index is 637. The molecule has 2 aromatic heterocycles. The number of nitrogens with zero attached hydrogens (tertiary/aromatic N) is 2. The van der Waals surface area contributed by atoms with Crippen molar-refractivity contribution in [2.75, 3.05) is 18.4 Å². The first-order valence-electron chi connectivity index (χ1n) is 6.99. The first kappa shape index (κ1) is 13.3. The Morgan fingerprint density at radius 1 is 1.30 bits per heavy atom. The zero-order valence-electron chi connectivity index (χ0n) is 11.5. The summed E-state index contributed by atoms with van der Waals surface area (Å²) in [7, 11) is 0. The quantitative estimate of drug-likeness (QED) is 0.846. The predicted octanol–water partition coefficient (Wildman–Crippen LogP) is 2.12. The van der Waals surface area contributed by atoms with Crippen LogP contribution in [-0.4, -0.2) is 29.0 Å². The van der Waals surface area contributed by atoms with Gasteiger partial charge in [-0.15, -0.1) is 11.3 Å². The molecule has 1 aliphatic rings. The van der Waals surface area contributed by atoms with Gasteiger partial charge in [0.1, 0.15) is 17.0 Å². The van der Waals surface area contributed by atoms with E-state index in [0.29, 0.717) is 13.1 Å². The highest BCUT2D eigenvalue weighted by Crippen LogP contribution is 2.37. The van der Waals surface area contributed by atoms with Crippen molar-refractivity contribution >= 4 is 33.3 Å². The number of carbonyl (C=O) groups is 1. The minimum atomic E-state index is -0.00690. The lowest BCUT2D eigenvalue weighted by Crippen LogP contribution is -2.26. The number of rotatable bonds is 4. The Balaban J connectivity index is 1.83. The average Bonchev–Trinajstić information content (AvgIpc) is 2.82. The maximum absolute atomic E-state index is 10.9. The summed E-state index contributed by atoms with van der Waals surface area (Å²) >= 11 is 1.80. The van der Waals surface area contributed by atoms with Crippen LogP contribution in [0.25, 0.3) is 10.2 Å².